The van der Waals surface area contributed by atoms with Crippen LogP contribution in [0.15, 0.2) is 18.2 Å². The normalized spacial score (nSPS) is 38.9. The van der Waals surface area contributed by atoms with E-state index in [1.54, 1.807) is 12.1 Å². The van der Waals surface area contributed by atoms with E-state index in [9.17, 15) is 4.39 Å². The van der Waals surface area contributed by atoms with Crippen LogP contribution in [0.2, 0.25) is 0 Å². The van der Waals surface area contributed by atoms with Gasteiger partial charge in [-0.05, 0) is 61.1 Å². The van der Waals surface area contributed by atoms with E-state index >= 15 is 0 Å². The fourth-order valence-corrected chi connectivity index (χ4v) is 5.02. The Morgan fingerprint density at radius 3 is 2.68 bits per heavy atom. The van der Waals surface area contributed by atoms with Gasteiger partial charge in [0.25, 0.3) is 0 Å². The van der Waals surface area contributed by atoms with Crippen LogP contribution in [0.25, 0.3) is 11.0 Å². The molecule has 3 aliphatic rings. The van der Waals surface area contributed by atoms with Crippen molar-refractivity contribution in [3.63, 3.8) is 0 Å². The summed E-state index contributed by atoms with van der Waals surface area (Å²) in [6, 6.07) is 5.24. The molecule has 19 heavy (non-hydrogen) atoms. The molecule has 1 aromatic heterocycles. The first kappa shape index (κ1) is 10.2. The number of nitrogen functional groups attached to an aromatic ring is 1. The summed E-state index contributed by atoms with van der Waals surface area (Å²) in [5.41, 5.74) is 7.78. The summed E-state index contributed by atoms with van der Waals surface area (Å²) >= 11 is 0. The highest BCUT2D eigenvalue weighted by molar-refractivity contribution is 5.78. The topological polar surface area (TPSA) is 43.8 Å². The molecule has 0 aliphatic heterocycles. The van der Waals surface area contributed by atoms with E-state index in [2.05, 4.69) is 9.55 Å². The average Bonchev–Trinajstić information content (AvgIpc) is 2.75. The Hall–Kier alpha value is -1.58. The van der Waals surface area contributed by atoms with E-state index in [0.29, 0.717) is 12.0 Å². The van der Waals surface area contributed by atoms with Crippen LogP contribution < -0.4 is 5.73 Å². The van der Waals surface area contributed by atoms with Crippen molar-refractivity contribution in [3.05, 3.63) is 24.0 Å². The van der Waals surface area contributed by atoms with Gasteiger partial charge in [0.2, 0.25) is 5.95 Å². The van der Waals surface area contributed by atoms with Crippen LogP contribution in [0, 0.1) is 29.5 Å². The second-order valence-corrected chi connectivity index (χ2v) is 6.45. The zero-order valence-corrected chi connectivity index (χ0v) is 10.6. The molecule has 0 saturated heterocycles. The number of nitrogens with two attached hydrogens (primary N) is 1. The van der Waals surface area contributed by atoms with Gasteiger partial charge >= 0.3 is 0 Å². The third kappa shape index (κ3) is 1.15. The molecule has 5 rings (SSSR count). The number of halogens is 1. The summed E-state index contributed by atoms with van der Waals surface area (Å²) in [7, 11) is 0. The van der Waals surface area contributed by atoms with Crippen LogP contribution in [-0.4, -0.2) is 9.55 Å². The summed E-state index contributed by atoms with van der Waals surface area (Å²) in [5, 5.41) is 0. The van der Waals surface area contributed by atoms with Gasteiger partial charge in [-0.25, -0.2) is 9.37 Å². The maximum absolute atomic E-state index is 13.5. The lowest BCUT2D eigenvalue weighted by Crippen LogP contribution is -2.08. The third-order valence-electron chi connectivity index (χ3n) is 5.67. The zero-order valence-electron chi connectivity index (χ0n) is 10.6. The third-order valence-corrected chi connectivity index (χ3v) is 5.67. The fraction of sp³-hybridized carbons (Fsp3) is 0.533. The maximum Gasteiger partial charge on any atom is 0.201 e. The van der Waals surface area contributed by atoms with Crippen molar-refractivity contribution in [1.29, 1.82) is 0 Å². The van der Waals surface area contributed by atoms with Gasteiger partial charge in [-0.3, -0.25) is 0 Å². The monoisotopic (exact) mass is 257 g/mol. The standard InChI is InChI=1S/C15H16FN3/c16-9-3-4-10-11(6-9)19(15(17)18-10)14-12-7-1-2-8(5-7)13(12)14/h3-4,6-8,12-14H,1-2,5H2,(H2,17,18). The van der Waals surface area contributed by atoms with Crippen molar-refractivity contribution in [2.24, 2.45) is 23.7 Å². The molecule has 4 heteroatoms. The Morgan fingerprint density at radius 2 is 1.95 bits per heavy atom. The Bertz CT molecular complexity index is 676. The van der Waals surface area contributed by atoms with E-state index < -0.39 is 0 Å². The molecule has 0 spiro atoms. The predicted molar refractivity (Wildman–Crippen MR) is 71.0 cm³/mol. The molecule has 3 nitrogen and oxygen atoms in total. The van der Waals surface area contributed by atoms with E-state index in [0.717, 1.165) is 34.7 Å². The first-order valence-electron chi connectivity index (χ1n) is 7.17. The van der Waals surface area contributed by atoms with E-state index in [1.807, 2.05) is 0 Å². The minimum Gasteiger partial charge on any atom is -0.369 e. The first-order valence-corrected chi connectivity index (χ1v) is 7.17. The summed E-state index contributed by atoms with van der Waals surface area (Å²) in [4.78, 5) is 4.39. The minimum atomic E-state index is -0.206. The van der Waals surface area contributed by atoms with Gasteiger partial charge in [0.1, 0.15) is 5.82 Å². The van der Waals surface area contributed by atoms with E-state index in [1.165, 1.54) is 25.3 Å². The summed E-state index contributed by atoms with van der Waals surface area (Å²) in [5.74, 6) is 3.67. The summed E-state index contributed by atoms with van der Waals surface area (Å²) in [6.07, 6.45) is 4.17. The molecule has 2 N–H and O–H groups in total. The predicted octanol–water partition coefficient (Wildman–Crippen LogP) is 2.97. The Morgan fingerprint density at radius 1 is 1.21 bits per heavy atom. The summed E-state index contributed by atoms with van der Waals surface area (Å²) in [6.45, 7) is 0. The minimum absolute atomic E-state index is 0.206. The Kier molecular flexibility index (Phi) is 1.68. The number of imidazole rings is 1. The lowest BCUT2D eigenvalue weighted by atomic mass is 10.0. The largest absolute Gasteiger partial charge is 0.369 e. The second-order valence-electron chi connectivity index (χ2n) is 6.45. The quantitative estimate of drug-likeness (QED) is 0.853. The molecule has 3 fully saturated rings. The number of nitrogens with zero attached hydrogens (tertiary/aromatic N) is 2. The molecule has 2 aromatic rings. The molecule has 4 atom stereocenters. The van der Waals surface area contributed by atoms with Crippen LogP contribution in [0.4, 0.5) is 10.3 Å². The van der Waals surface area contributed by atoms with Crippen molar-refractivity contribution in [3.8, 4) is 0 Å². The molecule has 2 bridgehead atoms. The highest BCUT2D eigenvalue weighted by Gasteiger charge is 2.66. The van der Waals surface area contributed by atoms with Crippen molar-refractivity contribution in [2.75, 3.05) is 5.73 Å². The summed E-state index contributed by atoms with van der Waals surface area (Å²) < 4.78 is 15.6. The molecule has 1 heterocycles. The van der Waals surface area contributed by atoms with Crippen molar-refractivity contribution in [1.82, 2.24) is 9.55 Å². The van der Waals surface area contributed by atoms with Crippen LogP contribution in [0.1, 0.15) is 25.3 Å². The lowest BCUT2D eigenvalue weighted by molar-refractivity contribution is 0.456. The Balaban J connectivity index is 1.66. The number of rotatable bonds is 1. The molecule has 3 aliphatic carbocycles. The fourth-order valence-electron chi connectivity index (χ4n) is 5.02. The van der Waals surface area contributed by atoms with E-state index in [-0.39, 0.29) is 5.82 Å². The second kappa shape index (κ2) is 3.11. The van der Waals surface area contributed by atoms with Crippen molar-refractivity contribution >= 4 is 17.0 Å². The highest BCUT2D eigenvalue weighted by Crippen LogP contribution is 2.72. The molecule has 0 radical (unpaired) electrons. The van der Waals surface area contributed by atoms with Crippen LogP contribution in [-0.2, 0) is 0 Å². The number of fused-ring (bicyclic) bond motifs is 6. The maximum atomic E-state index is 13.5. The number of anilines is 1. The molecule has 98 valence electrons. The highest BCUT2D eigenvalue weighted by atomic mass is 19.1. The van der Waals surface area contributed by atoms with Gasteiger partial charge in [-0.2, -0.15) is 0 Å². The average molecular weight is 257 g/mol. The molecular weight excluding hydrogens is 241 g/mol. The zero-order chi connectivity index (χ0) is 12.7. The Labute approximate surface area is 110 Å². The van der Waals surface area contributed by atoms with Gasteiger partial charge in [-0.1, -0.05) is 0 Å². The number of hydrogen-bond acceptors (Lipinski definition) is 2. The van der Waals surface area contributed by atoms with Gasteiger partial charge in [-0.15, -0.1) is 0 Å². The molecule has 4 unspecified atom stereocenters. The molecule has 3 saturated carbocycles. The van der Waals surface area contributed by atoms with Crippen molar-refractivity contribution in [2.45, 2.75) is 25.3 Å². The number of benzene rings is 1. The van der Waals surface area contributed by atoms with Crippen LogP contribution in [0.3, 0.4) is 0 Å². The molecule has 1 aromatic carbocycles. The van der Waals surface area contributed by atoms with Gasteiger partial charge in [0.15, 0.2) is 0 Å². The molecule has 0 amide bonds. The SMILES string of the molecule is Nc1nc2ccc(F)cc2n1C1C2C3CCC(C3)C21. The smallest absolute Gasteiger partial charge is 0.201 e. The van der Waals surface area contributed by atoms with Gasteiger partial charge in [0.05, 0.1) is 11.0 Å². The molecular formula is C15H16FN3. The van der Waals surface area contributed by atoms with Crippen LogP contribution >= 0.6 is 0 Å². The van der Waals surface area contributed by atoms with Crippen LogP contribution in [0.5, 0.6) is 0 Å². The van der Waals surface area contributed by atoms with Gasteiger partial charge < -0.3 is 10.3 Å². The van der Waals surface area contributed by atoms with Gasteiger partial charge in [0, 0.05) is 6.04 Å². The van der Waals surface area contributed by atoms with Crippen molar-refractivity contribution < 1.29 is 4.39 Å². The van der Waals surface area contributed by atoms with E-state index in [4.69, 9.17) is 5.73 Å². The lowest BCUT2D eigenvalue weighted by Gasteiger charge is -2.12. The first-order chi connectivity index (χ1) is 9.24. The number of hydrogen-bond donors (Lipinski definition) is 1. The number of aromatic nitrogens is 2.